The van der Waals surface area contributed by atoms with E-state index in [1.165, 1.54) is 19.3 Å². The van der Waals surface area contributed by atoms with Crippen LogP contribution in [0.5, 0.6) is 5.75 Å². The molecule has 1 heterocycles. The van der Waals surface area contributed by atoms with Gasteiger partial charge < -0.3 is 14.3 Å². The molecule has 0 aliphatic heterocycles. The van der Waals surface area contributed by atoms with Crippen molar-refractivity contribution < 1.29 is 14.3 Å². The van der Waals surface area contributed by atoms with Crippen molar-refractivity contribution in [3.8, 4) is 5.75 Å². The quantitative estimate of drug-likeness (QED) is 0.899. The van der Waals surface area contributed by atoms with Crippen LogP contribution >= 0.6 is 0 Å². The molecule has 0 aliphatic rings. The second-order valence-electron chi connectivity index (χ2n) is 3.93. The molecular weight excluding hydrogens is 232 g/mol. The minimum Gasteiger partial charge on any atom is -0.482 e. The fourth-order valence-electron chi connectivity index (χ4n) is 1.58. The van der Waals surface area contributed by atoms with Gasteiger partial charge in [-0.15, -0.1) is 0 Å². The molecule has 18 heavy (non-hydrogen) atoms. The molecule has 94 valence electrons. The van der Waals surface area contributed by atoms with E-state index in [0.717, 1.165) is 5.56 Å². The highest BCUT2D eigenvalue weighted by Crippen LogP contribution is 2.21. The zero-order valence-electron chi connectivity index (χ0n) is 10.00. The van der Waals surface area contributed by atoms with Crippen LogP contribution in [0.4, 0.5) is 0 Å². The Morgan fingerprint density at radius 1 is 1.28 bits per heavy atom. The fourth-order valence-corrected chi connectivity index (χ4v) is 1.58. The molecule has 4 heteroatoms. The van der Waals surface area contributed by atoms with Crippen molar-refractivity contribution in [1.29, 1.82) is 0 Å². The second kappa shape index (κ2) is 5.51. The van der Waals surface area contributed by atoms with E-state index in [2.05, 4.69) is 0 Å². The van der Waals surface area contributed by atoms with Crippen molar-refractivity contribution in [2.75, 3.05) is 0 Å². The van der Waals surface area contributed by atoms with Gasteiger partial charge in [0.1, 0.15) is 12.7 Å². The van der Waals surface area contributed by atoms with Crippen molar-refractivity contribution in [3.63, 3.8) is 0 Å². The molecule has 1 N–H and O–H groups in total. The van der Waals surface area contributed by atoms with E-state index in [4.69, 9.17) is 9.15 Å². The van der Waals surface area contributed by atoms with Gasteiger partial charge in [0.25, 0.3) is 0 Å². The maximum atomic E-state index is 11.7. The van der Waals surface area contributed by atoms with Crippen molar-refractivity contribution in [2.24, 2.45) is 0 Å². The minimum atomic E-state index is -0.885. The van der Waals surface area contributed by atoms with E-state index in [1.54, 1.807) is 0 Å². The highest BCUT2D eigenvalue weighted by molar-refractivity contribution is 5.26. The maximum absolute atomic E-state index is 11.7. The lowest BCUT2D eigenvalue weighted by Gasteiger charge is -2.10. The van der Waals surface area contributed by atoms with Crippen LogP contribution < -0.4 is 10.2 Å². The average molecular weight is 246 g/mol. The predicted octanol–water partition coefficient (Wildman–Crippen LogP) is 2.27. The maximum Gasteiger partial charge on any atom is 0.227 e. The third-order valence-corrected chi connectivity index (χ3v) is 2.47. The molecule has 0 saturated heterocycles. The van der Waals surface area contributed by atoms with Gasteiger partial charge in [-0.2, -0.15) is 0 Å². The van der Waals surface area contributed by atoms with Crippen molar-refractivity contribution in [3.05, 3.63) is 64.2 Å². The Balaban J connectivity index is 2.21. The first-order chi connectivity index (χ1) is 8.68. The Labute approximate surface area is 104 Å². The Hall–Kier alpha value is -2.07. The number of hydrogen-bond donors (Lipinski definition) is 1. The zero-order valence-corrected chi connectivity index (χ0v) is 10.00. The number of aliphatic hydroxyl groups is 1. The van der Waals surface area contributed by atoms with E-state index in [9.17, 15) is 9.90 Å². The summed E-state index contributed by atoms with van der Waals surface area (Å²) in [4.78, 5) is 11.7. The summed E-state index contributed by atoms with van der Waals surface area (Å²) in [6, 6.07) is 10.7. The normalized spacial score (nSPS) is 12.1. The standard InChI is InChI=1S/C14H14O4/c1-10(15)13-14(12(16)7-8-17-13)18-9-11-5-3-2-4-6-11/h2-8,10,15H,9H2,1H3. The second-order valence-corrected chi connectivity index (χ2v) is 3.93. The summed E-state index contributed by atoms with van der Waals surface area (Å²) in [5.74, 6) is 0.217. The summed E-state index contributed by atoms with van der Waals surface area (Å²) in [6.07, 6.45) is 0.365. The molecular formula is C14H14O4. The Bertz CT molecular complexity index is 558. The lowest BCUT2D eigenvalue weighted by molar-refractivity contribution is 0.154. The number of hydrogen-bond acceptors (Lipinski definition) is 4. The molecule has 1 atom stereocenters. The van der Waals surface area contributed by atoms with Gasteiger partial charge in [-0.3, -0.25) is 4.79 Å². The van der Waals surface area contributed by atoms with E-state index in [0.29, 0.717) is 0 Å². The van der Waals surface area contributed by atoms with Crippen LogP contribution in [0.15, 0.2) is 51.9 Å². The molecule has 0 fully saturated rings. The summed E-state index contributed by atoms with van der Waals surface area (Å²) in [6.45, 7) is 1.78. The molecule has 0 amide bonds. The summed E-state index contributed by atoms with van der Waals surface area (Å²) in [7, 11) is 0. The minimum absolute atomic E-state index is 0.0661. The van der Waals surface area contributed by atoms with Crippen LogP contribution in [0.1, 0.15) is 24.4 Å². The van der Waals surface area contributed by atoms with Gasteiger partial charge in [-0.1, -0.05) is 30.3 Å². The number of benzene rings is 1. The molecule has 4 nitrogen and oxygen atoms in total. The van der Waals surface area contributed by atoms with Gasteiger partial charge in [0.15, 0.2) is 5.76 Å². The van der Waals surface area contributed by atoms with Gasteiger partial charge in [-0.25, -0.2) is 0 Å². The van der Waals surface area contributed by atoms with Crippen LogP contribution in [0.25, 0.3) is 0 Å². The van der Waals surface area contributed by atoms with Gasteiger partial charge in [0.05, 0.1) is 6.26 Å². The molecule has 1 aromatic heterocycles. The summed E-state index contributed by atoms with van der Waals surface area (Å²) >= 11 is 0. The lowest BCUT2D eigenvalue weighted by Crippen LogP contribution is -2.11. The molecule has 0 saturated carbocycles. The largest absolute Gasteiger partial charge is 0.482 e. The van der Waals surface area contributed by atoms with E-state index < -0.39 is 6.10 Å². The van der Waals surface area contributed by atoms with E-state index in [1.807, 2.05) is 30.3 Å². The van der Waals surface area contributed by atoms with E-state index in [-0.39, 0.29) is 23.5 Å². The zero-order chi connectivity index (χ0) is 13.0. The monoisotopic (exact) mass is 246 g/mol. The van der Waals surface area contributed by atoms with Gasteiger partial charge in [0.2, 0.25) is 11.2 Å². The smallest absolute Gasteiger partial charge is 0.227 e. The van der Waals surface area contributed by atoms with Crippen molar-refractivity contribution >= 4 is 0 Å². The Morgan fingerprint density at radius 2 is 2.00 bits per heavy atom. The van der Waals surface area contributed by atoms with Gasteiger partial charge >= 0.3 is 0 Å². The van der Waals surface area contributed by atoms with Crippen molar-refractivity contribution in [1.82, 2.24) is 0 Å². The molecule has 2 rings (SSSR count). The topological polar surface area (TPSA) is 59.7 Å². The molecule has 0 spiro atoms. The van der Waals surface area contributed by atoms with Crippen LogP contribution in [0.3, 0.4) is 0 Å². The SMILES string of the molecule is CC(O)c1occc(=O)c1OCc1ccccc1. The highest BCUT2D eigenvalue weighted by atomic mass is 16.5. The summed E-state index contributed by atoms with van der Waals surface area (Å²) < 4.78 is 10.6. The Kier molecular flexibility index (Phi) is 3.79. The number of aliphatic hydroxyl groups excluding tert-OH is 1. The molecule has 0 aliphatic carbocycles. The van der Waals surface area contributed by atoms with Crippen molar-refractivity contribution in [2.45, 2.75) is 19.6 Å². The fraction of sp³-hybridized carbons (Fsp3) is 0.214. The summed E-state index contributed by atoms with van der Waals surface area (Å²) in [5.41, 5.74) is 0.644. The molecule has 0 bridgehead atoms. The number of rotatable bonds is 4. The lowest BCUT2D eigenvalue weighted by atomic mass is 10.2. The van der Waals surface area contributed by atoms with Crippen LogP contribution in [0, 0.1) is 0 Å². The molecule has 0 radical (unpaired) electrons. The molecule has 1 unspecified atom stereocenters. The molecule has 1 aromatic carbocycles. The predicted molar refractivity (Wildman–Crippen MR) is 66.4 cm³/mol. The first kappa shape index (κ1) is 12.4. The van der Waals surface area contributed by atoms with Crippen LogP contribution in [-0.2, 0) is 6.61 Å². The first-order valence-electron chi connectivity index (χ1n) is 5.65. The van der Waals surface area contributed by atoms with E-state index >= 15 is 0 Å². The van der Waals surface area contributed by atoms with Gasteiger partial charge in [-0.05, 0) is 12.5 Å². The molecule has 2 aromatic rings. The van der Waals surface area contributed by atoms with Crippen LogP contribution in [0.2, 0.25) is 0 Å². The first-order valence-corrected chi connectivity index (χ1v) is 5.65. The number of ether oxygens (including phenoxy) is 1. The third-order valence-electron chi connectivity index (χ3n) is 2.47. The Morgan fingerprint density at radius 3 is 2.67 bits per heavy atom. The summed E-state index contributed by atoms with van der Waals surface area (Å²) in [5, 5.41) is 9.51. The highest BCUT2D eigenvalue weighted by Gasteiger charge is 2.15. The third kappa shape index (κ3) is 2.78. The van der Waals surface area contributed by atoms with Crippen LogP contribution in [-0.4, -0.2) is 5.11 Å². The van der Waals surface area contributed by atoms with Gasteiger partial charge in [0, 0.05) is 6.07 Å². The average Bonchev–Trinajstić information content (AvgIpc) is 2.38.